The molecule has 0 radical (unpaired) electrons. The topological polar surface area (TPSA) is 241 Å². The SMILES string of the molecule is O=C1c2c(c3c4ccc(O)cc4n([C@H]4O[C@H](CO)[C@@H](O)[C@H](O)[C@@H]4O)c3c3[nH]c4cc(O)ccc4c23)C(=O)N1NC(CO)CO. The highest BCUT2D eigenvalue weighted by Crippen LogP contribution is 2.47. The van der Waals surface area contributed by atoms with Crippen molar-refractivity contribution in [3.63, 3.8) is 0 Å². The predicted molar refractivity (Wildman–Crippen MR) is 153 cm³/mol. The summed E-state index contributed by atoms with van der Waals surface area (Å²) in [5.74, 6) is -1.86. The molecule has 10 N–H and O–H groups in total. The maximum atomic E-state index is 14.1. The Morgan fingerprint density at radius 2 is 1.48 bits per heavy atom. The minimum Gasteiger partial charge on any atom is -0.508 e. The Morgan fingerprint density at radius 3 is 2.14 bits per heavy atom. The third-order valence-corrected chi connectivity index (χ3v) is 8.46. The van der Waals surface area contributed by atoms with Gasteiger partial charge in [0, 0.05) is 33.7 Å². The van der Waals surface area contributed by atoms with Crippen LogP contribution in [0.1, 0.15) is 26.9 Å². The van der Waals surface area contributed by atoms with Gasteiger partial charge in [0.1, 0.15) is 35.9 Å². The predicted octanol–water partition coefficient (Wildman–Crippen LogP) is -0.734. The Balaban J connectivity index is 1.65. The lowest BCUT2D eigenvalue weighted by Gasteiger charge is -2.41. The summed E-state index contributed by atoms with van der Waals surface area (Å²) in [5, 5.41) is 84.2. The van der Waals surface area contributed by atoms with E-state index in [1.807, 2.05) is 0 Å². The van der Waals surface area contributed by atoms with Crippen molar-refractivity contribution in [3.05, 3.63) is 47.5 Å². The number of carbonyl (C=O) groups is 2. The monoisotopic (exact) mass is 608 g/mol. The molecule has 0 bridgehead atoms. The lowest BCUT2D eigenvalue weighted by Crippen LogP contribution is -2.56. The summed E-state index contributed by atoms with van der Waals surface area (Å²) in [7, 11) is 0. The third kappa shape index (κ3) is 3.79. The summed E-state index contributed by atoms with van der Waals surface area (Å²) in [6.07, 6.45) is -7.92. The number of aromatic amines is 1. The van der Waals surface area contributed by atoms with Gasteiger partial charge in [-0.3, -0.25) is 9.59 Å². The van der Waals surface area contributed by atoms with Crippen LogP contribution in [0.25, 0.3) is 43.6 Å². The molecule has 0 spiro atoms. The van der Waals surface area contributed by atoms with Crippen molar-refractivity contribution in [3.8, 4) is 11.5 Å². The van der Waals surface area contributed by atoms with Crippen LogP contribution in [0.2, 0.25) is 0 Å². The number of imide groups is 1. The maximum absolute atomic E-state index is 14.1. The Bertz CT molecular complexity index is 2000. The van der Waals surface area contributed by atoms with Gasteiger partial charge in [0.25, 0.3) is 11.8 Å². The number of phenolic OH excluding ortho intramolecular Hbond substituents is 2. The molecule has 0 aliphatic carbocycles. The molecule has 7 rings (SSSR count). The van der Waals surface area contributed by atoms with E-state index in [4.69, 9.17) is 4.74 Å². The van der Waals surface area contributed by atoms with Gasteiger partial charge < -0.3 is 55.1 Å². The first-order valence-corrected chi connectivity index (χ1v) is 13.7. The first-order chi connectivity index (χ1) is 21.1. The number of aliphatic hydroxyl groups is 6. The van der Waals surface area contributed by atoms with E-state index < -0.39 is 68.3 Å². The van der Waals surface area contributed by atoms with Crippen LogP contribution in [-0.2, 0) is 4.74 Å². The van der Waals surface area contributed by atoms with Crippen LogP contribution in [-0.4, -0.2) is 118 Å². The fourth-order valence-corrected chi connectivity index (χ4v) is 6.41. The lowest BCUT2D eigenvalue weighted by atomic mass is 9.96. The van der Waals surface area contributed by atoms with Crippen LogP contribution in [0.4, 0.5) is 0 Å². The molecular formula is C29H28N4O11. The number of carbonyl (C=O) groups excluding carboxylic acids is 2. The fourth-order valence-electron chi connectivity index (χ4n) is 6.41. The normalized spacial score (nSPS) is 24.2. The number of ether oxygens (including phenoxy) is 1. The number of H-pyrrole nitrogens is 1. The number of hydrogen-bond acceptors (Lipinski definition) is 12. The van der Waals surface area contributed by atoms with Crippen molar-refractivity contribution >= 4 is 55.4 Å². The Morgan fingerprint density at radius 1 is 0.841 bits per heavy atom. The highest BCUT2D eigenvalue weighted by molar-refractivity contribution is 6.39. The zero-order valence-electron chi connectivity index (χ0n) is 22.7. The van der Waals surface area contributed by atoms with Gasteiger partial charge in [-0.15, -0.1) is 0 Å². The quantitative estimate of drug-likeness (QED) is 0.107. The van der Waals surface area contributed by atoms with E-state index in [0.29, 0.717) is 21.3 Å². The van der Waals surface area contributed by atoms with Crippen molar-refractivity contribution < 1.29 is 55.2 Å². The van der Waals surface area contributed by atoms with E-state index in [-0.39, 0.29) is 49.9 Å². The minimum absolute atomic E-state index is 0.0162. The molecule has 2 aliphatic heterocycles. The van der Waals surface area contributed by atoms with Crippen LogP contribution in [0, 0.1) is 0 Å². The number of benzene rings is 3. The van der Waals surface area contributed by atoms with Crippen LogP contribution < -0.4 is 5.43 Å². The van der Waals surface area contributed by atoms with Gasteiger partial charge in [-0.1, -0.05) is 0 Å². The third-order valence-electron chi connectivity index (χ3n) is 8.46. The van der Waals surface area contributed by atoms with Gasteiger partial charge >= 0.3 is 0 Å². The van der Waals surface area contributed by atoms with Gasteiger partial charge in [0.15, 0.2) is 6.23 Å². The molecule has 4 heterocycles. The molecule has 15 nitrogen and oxygen atoms in total. The number of fused-ring (bicyclic) bond motifs is 10. The van der Waals surface area contributed by atoms with E-state index in [9.17, 15) is 50.4 Å². The summed E-state index contributed by atoms with van der Waals surface area (Å²) in [4.78, 5) is 31.2. The highest BCUT2D eigenvalue weighted by atomic mass is 16.6. The second-order valence-corrected chi connectivity index (χ2v) is 11.0. The average molecular weight is 609 g/mol. The first kappa shape index (κ1) is 28.5. The summed E-state index contributed by atoms with van der Waals surface area (Å²) in [5.41, 5.74) is 3.60. The smallest absolute Gasteiger partial charge is 0.276 e. The van der Waals surface area contributed by atoms with Crippen molar-refractivity contribution in [1.82, 2.24) is 20.0 Å². The van der Waals surface area contributed by atoms with Gasteiger partial charge in [-0.05, 0) is 24.3 Å². The largest absolute Gasteiger partial charge is 0.508 e. The molecule has 2 amide bonds. The molecule has 230 valence electrons. The molecule has 5 aromatic rings. The molecule has 0 unspecified atom stereocenters. The van der Waals surface area contributed by atoms with Gasteiger partial charge in [0.05, 0.1) is 59.1 Å². The van der Waals surface area contributed by atoms with E-state index in [1.54, 1.807) is 6.07 Å². The van der Waals surface area contributed by atoms with Gasteiger partial charge in [0.2, 0.25) is 0 Å². The zero-order valence-corrected chi connectivity index (χ0v) is 22.7. The van der Waals surface area contributed by atoms with Gasteiger partial charge in [-0.25, -0.2) is 10.4 Å². The number of rotatable bonds is 6. The van der Waals surface area contributed by atoms with Crippen molar-refractivity contribution in [1.29, 1.82) is 0 Å². The number of aromatic hydroxyl groups is 2. The minimum atomic E-state index is -1.75. The lowest BCUT2D eigenvalue weighted by molar-refractivity contribution is -0.249. The first-order valence-electron chi connectivity index (χ1n) is 13.7. The number of aliphatic hydroxyl groups excluding tert-OH is 6. The summed E-state index contributed by atoms with van der Waals surface area (Å²) in [6, 6.07) is 7.55. The molecular weight excluding hydrogens is 580 g/mol. The summed E-state index contributed by atoms with van der Waals surface area (Å²) in [6.45, 7) is -1.88. The second-order valence-electron chi connectivity index (χ2n) is 11.0. The number of nitrogens with zero attached hydrogens (tertiary/aromatic N) is 2. The number of aromatic nitrogens is 2. The van der Waals surface area contributed by atoms with Crippen molar-refractivity contribution in [2.75, 3.05) is 19.8 Å². The molecule has 2 aliphatic rings. The molecule has 15 heteroatoms. The maximum Gasteiger partial charge on any atom is 0.276 e. The van der Waals surface area contributed by atoms with Crippen LogP contribution in [0.15, 0.2) is 36.4 Å². The number of phenols is 2. The van der Waals surface area contributed by atoms with Crippen LogP contribution >= 0.6 is 0 Å². The molecule has 44 heavy (non-hydrogen) atoms. The molecule has 0 saturated carbocycles. The fraction of sp³-hybridized carbons (Fsp3) is 0.310. The number of nitrogens with one attached hydrogen (secondary N) is 2. The standard InChI is InChI=1S/C29H28N4O11/c34-7-10(8-35)31-33-27(42)20-18-13-3-1-11(37)5-15(13)30-22(18)23-19(21(20)28(33)43)14-4-2-12(38)6-16(14)32(23)29-26(41)25(40)24(39)17(9-36)44-29/h1-6,10,17,24-26,29-31,34-41H,7-9H2/t17-,24-,25+,26+,29+/m1/s1. The van der Waals surface area contributed by atoms with E-state index >= 15 is 0 Å². The molecule has 1 fully saturated rings. The van der Waals surface area contributed by atoms with Gasteiger partial charge in [-0.2, -0.15) is 0 Å². The highest BCUT2D eigenvalue weighted by Gasteiger charge is 2.47. The second kappa shape index (κ2) is 10.1. The zero-order chi connectivity index (χ0) is 31.2. The van der Waals surface area contributed by atoms with Crippen LogP contribution in [0.3, 0.4) is 0 Å². The van der Waals surface area contributed by atoms with E-state index in [1.165, 1.54) is 34.9 Å². The van der Waals surface area contributed by atoms with Crippen molar-refractivity contribution in [2.24, 2.45) is 0 Å². The van der Waals surface area contributed by atoms with Crippen molar-refractivity contribution in [2.45, 2.75) is 36.7 Å². The van der Waals surface area contributed by atoms with E-state index in [2.05, 4.69) is 10.4 Å². The van der Waals surface area contributed by atoms with Crippen LogP contribution in [0.5, 0.6) is 11.5 Å². The number of hydrogen-bond donors (Lipinski definition) is 10. The average Bonchev–Trinajstić information content (AvgIpc) is 3.62. The molecule has 5 atom stereocenters. The van der Waals surface area contributed by atoms with E-state index in [0.717, 1.165) is 0 Å². The number of amides is 2. The summed E-state index contributed by atoms with van der Waals surface area (Å²) < 4.78 is 7.35. The number of hydrazine groups is 1. The summed E-state index contributed by atoms with van der Waals surface area (Å²) >= 11 is 0. The molecule has 3 aromatic carbocycles. The Labute approximate surface area is 246 Å². The Hall–Kier alpha value is -4.32. The molecule has 2 aromatic heterocycles. The molecule has 1 saturated heterocycles. The Kier molecular flexibility index (Phi) is 6.54.